The largest absolute Gasteiger partial charge is 0.497 e. The highest BCUT2D eigenvalue weighted by Gasteiger charge is 2.72. The maximum Gasteiger partial charge on any atom is 0.408 e. The Morgan fingerprint density at radius 1 is 1.08 bits per heavy atom. The highest BCUT2D eigenvalue weighted by atomic mass is 32.2. The zero-order valence-electron chi connectivity index (χ0n) is 34.4. The van der Waals surface area contributed by atoms with E-state index in [1.807, 2.05) is 4.72 Å². The minimum atomic E-state index is -4.34. The van der Waals surface area contributed by atoms with Crippen LogP contribution in [-0.2, 0) is 35.1 Å². The van der Waals surface area contributed by atoms with E-state index in [0.717, 1.165) is 4.90 Å². The quantitative estimate of drug-likeness (QED) is 0.250. The van der Waals surface area contributed by atoms with E-state index in [-0.39, 0.29) is 48.0 Å². The summed E-state index contributed by atoms with van der Waals surface area (Å²) in [5.74, 6) is -8.45. The number of nitrogens with zero attached hydrogens (tertiary/aromatic N) is 3. The molecule has 20 heteroatoms. The third-order valence-corrected chi connectivity index (χ3v) is 15.5. The zero-order chi connectivity index (χ0) is 44.2. The van der Waals surface area contributed by atoms with Gasteiger partial charge in [0.25, 0.3) is 12.0 Å². The van der Waals surface area contributed by atoms with Gasteiger partial charge in [-0.05, 0) is 75.0 Å². The van der Waals surface area contributed by atoms with Crippen molar-refractivity contribution in [2.75, 3.05) is 13.7 Å². The molecule has 2 aromatic rings. The first-order chi connectivity index (χ1) is 28.5. The molecule has 8 rings (SSSR count). The fourth-order valence-electron chi connectivity index (χ4n) is 8.91. The van der Waals surface area contributed by atoms with Crippen LogP contribution < -0.4 is 24.8 Å². The van der Waals surface area contributed by atoms with Crippen LogP contribution in [0.3, 0.4) is 0 Å². The van der Waals surface area contributed by atoms with Gasteiger partial charge in [0.2, 0.25) is 27.7 Å². The number of amides is 4. The lowest BCUT2D eigenvalue weighted by Gasteiger charge is -2.36. The molecule has 3 heterocycles. The van der Waals surface area contributed by atoms with Crippen LogP contribution in [0.1, 0.15) is 85.3 Å². The number of alkyl carbamates (subject to hydrolysis) is 1. The average molecular weight is 877 g/mol. The molecule has 5 fully saturated rings. The predicted octanol–water partition coefficient (Wildman–Crippen LogP) is 5.00. The SMILES string of the molecule is CC[C@@H]1[C@@H]2CN(C(=O)[C@H](C(C)(C)C)NC(=O)O[C@@H]3CC34CC4C/C=C/C(F)(F)c3nc4ccc(OC)cc4nc3O2)[C@@H]1C(=O)N[C@]1(C(=O)NS(=O)(=O)C2(C)CC2)CC1=C(F)F. The van der Waals surface area contributed by atoms with E-state index in [2.05, 4.69) is 20.6 Å². The van der Waals surface area contributed by atoms with E-state index in [0.29, 0.717) is 24.7 Å². The van der Waals surface area contributed by atoms with E-state index in [9.17, 15) is 36.4 Å². The summed E-state index contributed by atoms with van der Waals surface area (Å²) in [5.41, 5.74) is -5.30. The summed E-state index contributed by atoms with van der Waals surface area (Å²) in [5, 5.41) is 5.02. The minimum absolute atomic E-state index is 0.0244. The molecule has 2 bridgehead atoms. The molecule has 1 aromatic carbocycles. The van der Waals surface area contributed by atoms with Crippen molar-refractivity contribution in [1.82, 2.24) is 30.2 Å². The summed E-state index contributed by atoms with van der Waals surface area (Å²) in [7, 11) is -2.93. The fourth-order valence-corrected chi connectivity index (χ4v) is 10.2. The maximum absolute atomic E-state index is 16.4. The Labute approximate surface area is 349 Å². The van der Waals surface area contributed by atoms with Crippen molar-refractivity contribution in [3.05, 3.63) is 47.7 Å². The third kappa shape index (κ3) is 7.45. The van der Waals surface area contributed by atoms with Gasteiger partial charge in [-0.25, -0.2) is 23.2 Å². The minimum Gasteiger partial charge on any atom is -0.497 e. The van der Waals surface area contributed by atoms with Crippen LogP contribution in [0.4, 0.5) is 22.4 Å². The first kappa shape index (κ1) is 42.7. The molecule has 8 atom stereocenters. The topological polar surface area (TPSA) is 195 Å². The second kappa shape index (κ2) is 14.3. The number of allylic oxidation sites excluding steroid dienone is 2. The number of halogens is 4. The van der Waals surface area contributed by atoms with Gasteiger partial charge in [0.05, 0.1) is 29.4 Å². The van der Waals surface area contributed by atoms with Crippen molar-refractivity contribution in [3.8, 4) is 11.6 Å². The van der Waals surface area contributed by atoms with Gasteiger partial charge in [-0.3, -0.25) is 19.1 Å². The van der Waals surface area contributed by atoms with Crippen LogP contribution >= 0.6 is 0 Å². The number of hydrogen-bond donors (Lipinski definition) is 3. The number of benzene rings is 1. The van der Waals surface area contributed by atoms with E-state index in [1.165, 1.54) is 38.3 Å². The number of ether oxygens (including phenoxy) is 3. The van der Waals surface area contributed by atoms with Gasteiger partial charge in [-0.15, -0.1) is 0 Å². The van der Waals surface area contributed by atoms with Crippen molar-refractivity contribution in [2.45, 2.75) is 120 Å². The van der Waals surface area contributed by atoms with Gasteiger partial charge < -0.3 is 29.7 Å². The monoisotopic (exact) mass is 876 g/mol. The predicted molar refractivity (Wildman–Crippen MR) is 209 cm³/mol. The normalized spacial score (nSPS) is 32.9. The number of nitrogens with one attached hydrogen (secondary N) is 3. The lowest BCUT2D eigenvalue weighted by molar-refractivity contribution is -0.143. The van der Waals surface area contributed by atoms with Crippen LogP contribution in [0.25, 0.3) is 11.0 Å². The summed E-state index contributed by atoms with van der Waals surface area (Å²) < 4.78 is 105. The van der Waals surface area contributed by atoms with Gasteiger partial charge >= 0.3 is 12.0 Å². The first-order valence-electron chi connectivity index (χ1n) is 20.3. The van der Waals surface area contributed by atoms with E-state index in [1.54, 1.807) is 27.7 Å². The van der Waals surface area contributed by atoms with Gasteiger partial charge in [0.15, 0.2) is 11.2 Å². The molecule has 1 spiro atoms. The van der Waals surface area contributed by atoms with Crippen molar-refractivity contribution in [2.24, 2.45) is 22.7 Å². The summed E-state index contributed by atoms with van der Waals surface area (Å²) in [6.07, 6.45) is -1.73. The van der Waals surface area contributed by atoms with Crippen molar-refractivity contribution in [3.63, 3.8) is 0 Å². The highest BCUT2D eigenvalue weighted by molar-refractivity contribution is 7.91. The van der Waals surface area contributed by atoms with E-state index in [4.69, 9.17) is 14.2 Å². The van der Waals surface area contributed by atoms with Crippen molar-refractivity contribution < 1.29 is 59.4 Å². The molecule has 4 aliphatic carbocycles. The van der Waals surface area contributed by atoms with Crippen LogP contribution in [0.5, 0.6) is 11.6 Å². The average Bonchev–Trinajstić information content (AvgIpc) is 4.10. The molecular weight excluding hydrogens is 829 g/mol. The molecular formula is C41H48F4N6O9S. The smallest absolute Gasteiger partial charge is 0.408 e. The Bertz CT molecular complexity index is 2400. The molecule has 2 unspecified atom stereocenters. The number of fused-ring (bicyclic) bond motifs is 4. The molecule has 330 valence electrons. The van der Waals surface area contributed by atoms with E-state index < -0.39 is 122 Å². The van der Waals surface area contributed by atoms with Gasteiger partial charge in [0.1, 0.15) is 30.0 Å². The summed E-state index contributed by atoms with van der Waals surface area (Å²) >= 11 is 0. The zero-order valence-corrected chi connectivity index (χ0v) is 35.3. The number of carbonyl (C=O) groups excluding carboxylic acids is 4. The van der Waals surface area contributed by atoms with Crippen LogP contribution in [-0.4, -0.2) is 95.3 Å². The Balaban J connectivity index is 1.21. The molecule has 1 aromatic heterocycles. The van der Waals surface area contributed by atoms with Gasteiger partial charge in [-0.2, -0.15) is 17.6 Å². The molecule has 3 N–H and O–H groups in total. The van der Waals surface area contributed by atoms with Gasteiger partial charge in [-0.1, -0.05) is 33.8 Å². The molecule has 2 aliphatic heterocycles. The Kier molecular flexibility index (Phi) is 9.98. The molecule has 1 saturated heterocycles. The second-order valence-corrected chi connectivity index (χ2v) is 20.7. The van der Waals surface area contributed by atoms with Crippen LogP contribution in [0, 0.1) is 22.7 Å². The number of hydrogen-bond acceptors (Lipinski definition) is 11. The number of methoxy groups -OCH3 is 1. The Morgan fingerprint density at radius 3 is 2.43 bits per heavy atom. The second-order valence-electron chi connectivity index (χ2n) is 18.5. The number of carbonyl (C=O) groups is 4. The number of rotatable bonds is 7. The molecule has 4 saturated carbocycles. The maximum atomic E-state index is 16.4. The molecule has 6 aliphatic rings. The Hall–Kier alpha value is -5.01. The lowest BCUT2D eigenvalue weighted by atomic mass is 9.85. The Morgan fingerprint density at radius 2 is 1.80 bits per heavy atom. The molecule has 15 nitrogen and oxygen atoms in total. The standard InChI is InChI=1S/C41H48F4N6O9S/c1-7-22-26-19-51(28(22)32(52)49-40(17-23(40)31(42)43)35(54)50-61(56,57)38(5)13-14-38)34(53)30(37(2,3)4)48-36(55)60-27-18-39(27)16-20(39)9-8-12-41(44,45)29-33(59-26)47-25-15-21(58-6)10-11-24(25)46-29/h8,10-12,15,20,22,26-28,30H,7,9,13-14,16-19H2,1-6H3,(H,48,55)(H,49,52)(H,50,54)/b12-8+/t20?,22-,26+,27-,28+,30-,39?,40-/m1/s1. The lowest BCUT2D eigenvalue weighted by Crippen LogP contribution is -2.61. The van der Waals surface area contributed by atoms with Crippen molar-refractivity contribution in [1.29, 1.82) is 0 Å². The molecule has 4 amide bonds. The number of alkyl halides is 2. The summed E-state index contributed by atoms with van der Waals surface area (Å²) in [4.78, 5) is 66.5. The molecule has 0 radical (unpaired) electrons. The summed E-state index contributed by atoms with van der Waals surface area (Å²) in [6.45, 7) is 7.56. The molecule has 61 heavy (non-hydrogen) atoms. The third-order valence-electron chi connectivity index (χ3n) is 13.3. The van der Waals surface area contributed by atoms with Crippen LogP contribution in [0.15, 0.2) is 42.0 Å². The first-order valence-corrected chi connectivity index (χ1v) is 21.8. The van der Waals surface area contributed by atoms with Crippen molar-refractivity contribution >= 4 is 44.9 Å². The van der Waals surface area contributed by atoms with Crippen LogP contribution in [0.2, 0.25) is 0 Å². The summed E-state index contributed by atoms with van der Waals surface area (Å²) in [6, 6.07) is 1.48. The van der Waals surface area contributed by atoms with Gasteiger partial charge in [0, 0.05) is 29.4 Å². The highest BCUT2D eigenvalue weighted by Crippen LogP contribution is 2.73. The number of sulfonamides is 1. The number of aromatic nitrogens is 2. The van der Waals surface area contributed by atoms with E-state index >= 15 is 8.78 Å². The fraction of sp³-hybridized carbons (Fsp3) is 0.610.